The van der Waals surface area contributed by atoms with Gasteiger partial charge in [0.25, 0.3) is 17.6 Å². The molecule has 0 atom stereocenters. The number of carbonyl (C=O) groups excluding carboxylic acids is 1. The Kier molecular flexibility index (Phi) is 2.05. The molecule has 0 aliphatic heterocycles. The highest BCUT2D eigenvalue weighted by Crippen LogP contribution is 2.22. The first kappa shape index (κ1) is 9.13. The van der Waals surface area contributed by atoms with Gasteiger partial charge in [-0.3, -0.25) is 9.78 Å². The van der Waals surface area contributed by atoms with Gasteiger partial charge in [0.05, 0.1) is 17.4 Å². The van der Waals surface area contributed by atoms with Crippen molar-refractivity contribution in [3.05, 3.63) is 24.3 Å². The van der Waals surface area contributed by atoms with Gasteiger partial charge in [0, 0.05) is 6.20 Å². The smallest absolute Gasteiger partial charge is 0.290 e. The van der Waals surface area contributed by atoms with Crippen molar-refractivity contribution < 1.29 is 9.32 Å². The molecule has 0 aliphatic rings. The first-order valence-electron chi connectivity index (χ1n) is 4.02. The molecule has 0 spiro atoms. The lowest BCUT2D eigenvalue weighted by atomic mass is 10.2. The van der Waals surface area contributed by atoms with Crippen molar-refractivity contribution in [2.45, 2.75) is 0 Å². The molecule has 2 aromatic heterocycles. The van der Waals surface area contributed by atoms with Crippen LogP contribution in [0.4, 0.5) is 5.69 Å². The van der Waals surface area contributed by atoms with Gasteiger partial charge >= 0.3 is 0 Å². The molecule has 0 aliphatic carbocycles. The normalized spacial score (nSPS) is 10.1. The number of aromatic nitrogens is 3. The number of nitrogen functional groups attached to an aromatic ring is 1. The van der Waals surface area contributed by atoms with Crippen molar-refractivity contribution in [2.24, 2.45) is 5.73 Å². The number of anilines is 1. The highest BCUT2D eigenvalue weighted by Gasteiger charge is 2.14. The van der Waals surface area contributed by atoms with Crippen LogP contribution in [0.5, 0.6) is 0 Å². The van der Waals surface area contributed by atoms with E-state index in [2.05, 4.69) is 15.1 Å². The molecule has 15 heavy (non-hydrogen) atoms. The molecule has 0 fully saturated rings. The Morgan fingerprint density at radius 3 is 2.87 bits per heavy atom. The Labute approximate surface area is 84.1 Å². The van der Waals surface area contributed by atoms with Crippen LogP contribution in [0.3, 0.4) is 0 Å². The molecular formula is C8H7N5O2. The van der Waals surface area contributed by atoms with Gasteiger partial charge in [0.15, 0.2) is 0 Å². The van der Waals surface area contributed by atoms with Gasteiger partial charge in [-0.15, -0.1) is 0 Å². The fraction of sp³-hybridized carbons (Fsp3) is 0. The molecule has 0 aromatic carbocycles. The van der Waals surface area contributed by atoms with Crippen LogP contribution in [0.15, 0.2) is 23.0 Å². The minimum Gasteiger partial charge on any atom is -0.397 e. The van der Waals surface area contributed by atoms with Crippen molar-refractivity contribution in [3.8, 4) is 11.5 Å². The Morgan fingerprint density at radius 2 is 2.27 bits per heavy atom. The van der Waals surface area contributed by atoms with Crippen LogP contribution in [-0.4, -0.2) is 21.0 Å². The topological polar surface area (TPSA) is 121 Å². The third-order valence-corrected chi connectivity index (χ3v) is 1.73. The van der Waals surface area contributed by atoms with E-state index >= 15 is 0 Å². The number of amides is 1. The Hall–Kier alpha value is -2.44. The molecule has 2 heterocycles. The number of nitrogens with zero attached hydrogens (tertiary/aromatic N) is 3. The Morgan fingerprint density at radius 1 is 1.47 bits per heavy atom. The summed E-state index contributed by atoms with van der Waals surface area (Å²) in [5.41, 5.74) is 11.5. The van der Waals surface area contributed by atoms with Crippen molar-refractivity contribution in [1.29, 1.82) is 0 Å². The van der Waals surface area contributed by atoms with Gasteiger partial charge in [0.2, 0.25) is 0 Å². The van der Waals surface area contributed by atoms with E-state index in [0.717, 1.165) is 0 Å². The van der Waals surface area contributed by atoms with Crippen molar-refractivity contribution in [3.63, 3.8) is 0 Å². The van der Waals surface area contributed by atoms with Gasteiger partial charge < -0.3 is 16.0 Å². The lowest BCUT2D eigenvalue weighted by Gasteiger charge is -1.96. The summed E-state index contributed by atoms with van der Waals surface area (Å²) in [6, 6.07) is 1.60. The predicted molar refractivity (Wildman–Crippen MR) is 50.5 cm³/mol. The maximum atomic E-state index is 10.7. The second kappa shape index (κ2) is 3.37. The Bertz CT molecular complexity index is 507. The van der Waals surface area contributed by atoms with E-state index in [9.17, 15) is 4.79 Å². The van der Waals surface area contributed by atoms with Crippen LogP contribution >= 0.6 is 0 Å². The summed E-state index contributed by atoms with van der Waals surface area (Å²) in [6.07, 6.45) is 2.98. The van der Waals surface area contributed by atoms with Crippen molar-refractivity contribution in [1.82, 2.24) is 15.1 Å². The quantitative estimate of drug-likeness (QED) is 0.700. The van der Waals surface area contributed by atoms with E-state index in [4.69, 9.17) is 16.0 Å². The molecule has 76 valence electrons. The number of carbonyl (C=O) groups is 1. The Balaban J connectivity index is 2.46. The average molecular weight is 205 g/mol. The zero-order valence-electron chi connectivity index (χ0n) is 7.54. The number of pyridine rings is 1. The summed E-state index contributed by atoms with van der Waals surface area (Å²) in [5.74, 6) is -0.789. The summed E-state index contributed by atoms with van der Waals surface area (Å²) < 4.78 is 4.82. The van der Waals surface area contributed by atoms with Gasteiger partial charge in [-0.25, -0.2) is 0 Å². The molecule has 7 nitrogen and oxygen atoms in total. The monoisotopic (exact) mass is 205 g/mol. The van der Waals surface area contributed by atoms with Crippen LogP contribution in [0.1, 0.15) is 10.6 Å². The summed E-state index contributed by atoms with van der Waals surface area (Å²) in [7, 11) is 0. The number of nitrogens with two attached hydrogens (primary N) is 2. The van der Waals surface area contributed by atoms with Gasteiger partial charge in [-0.1, -0.05) is 5.16 Å². The first-order valence-corrected chi connectivity index (χ1v) is 4.02. The first-order chi connectivity index (χ1) is 7.18. The second-order valence-electron chi connectivity index (χ2n) is 2.75. The third kappa shape index (κ3) is 1.62. The van der Waals surface area contributed by atoms with Gasteiger partial charge in [0.1, 0.15) is 0 Å². The zero-order valence-corrected chi connectivity index (χ0v) is 7.54. The largest absolute Gasteiger partial charge is 0.397 e. The molecule has 0 radical (unpaired) electrons. The van der Waals surface area contributed by atoms with E-state index < -0.39 is 5.91 Å². The summed E-state index contributed by atoms with van der Waals surface area (Å²) in [5, 5.41) is 3.40. The van der Waals surface area contributed by atoms with Crippen LogP contribution in [0.25, 0.3) is 11.5 Å². The minimum atomic E-state index is -0.752. The maximum absolute atomic E-state index is 10.7. The number of primary amides is 1. The molecule has 2 aromatic rings. The molecule has 0 saturated heterocycles. The molecule has 2 rings (SSSR count). The zero-order chi connectivity index (χ0) is 10.8. The molecule has 0 saturated carbocycles. The number of hydrogen-bond acceptors (Lipinski definition) is 6. The van der Waals surface area contributed by atoms with E-state index in [1.54, 1.807) is 6.07 Å². The SMILES string of the molecule is NC(=O)c1noc(-c2ccncc2N)n1. The lowest BCUT2D eigenvalue weighted by molar-refractivity contribution is 0.0987. The van der Waals surface area contributed by atoms with Gasteiger partial charge in [-0.05, 0) is 6.07 Å². The third-order valence-electron chi connectivity index (χ3n) is 1.73. The molecule has 4 N–H and O–H groups in total. The summed E-state index contributed by atoms with van der Waals surface area (Å²) in [4.78, 5) is 18.3. The second-order valence-corrected chi connectivity index (χ2v) is 2.75. The standard InChI is InChI=1S/C8H7N5O2/c9-5-3-11-2-1-4(5)8-12-7(6(10)14)13-15-8/h1-3H,9H2,(H2,10,14). The fourth-order valence-corrected chi connectivity index (χ4v) is 1.03. The highest BCUT2D eigenvalue weighted by atomic mass is 16.5. The molecule has 1 amide bonds. The van der Waals surface area contributed by atoms with Crippen LogP contribution in [0, 0.1) is 0 Å². The summed E-state index contributed by atoms with van der Waals surface area (Å²) >= 11 is 0. The fourth-order valence-electron chi connectivity index (χ4n) is 1.03. The van der Waals surface area contributed by atoms with E-state index in [-0.39, 0.29) is 11.7 Å². The van der Waals surface area contributed by atoms with Crippen LogP contribution in [0.2, 0.25) is 0 Å². The molecule has 0 unspecified atom stereocenters. The van der Waals surface area contributed by atoms with Crippen molar-refractivity contribution in [2.75, 3.05) is 5.73 Å². The molecule has 0 bridgehead atoms. The van der Waals surface area contributed by atoms with E-state index in [0.29, 0.717) is 11.3 Å². The number of hydrogen-bond donors (Lipinski definition) is 2. The lowest BCUT2D eigenvalue weighted by Crippen LogP contribution is -2.12. The average Bonchev–Trinajstić information content (AvgIpc) is 2.67. The van der Waals surface area contributed by atoms with E-state index in [1.165, 1.54) is 12.4 Å². The summed E-state index contributed by atoms with van der Waals surface area (Å²) in [6.45, 7) is 0. The maximum Gasteiger partial charge on any atom is 0.290 e. The molecular weight excluding hydrogens is 198 g/mol. The van der Waals surface area contributed by atoms with Crippen molar-refractivity contribution >= 4 is 11.6 Å². The number of rotatable bonds is 2. The van der Waals surface area contributed by atoms with Gasteiger partial charge in [-0.2, -0.15) is 4.98 Å². The highest BCUT2D eigenvalue weighted by molar-refractivity contribution is 5.89. The molecule has 7 heteroatoms. The van der Waals surface area contributed by atoms with E-state index in [1.807, 2.05) is 0 Å². The minimum absolute atomic E-state index is 0.142. The predicted octanol–water partition coefficient (Wildman–Crippen LogP) is -0.187. The van der Waals surface area contributed by atoms with Crippen LogP contribution in [-0.2, 0) is 0 Å². The van der Waals surface area contributed by atoms with Crippen LogP contribution < -0.4 is 11.5 Å².